The third-order valence-corrected chi connectivity index (χ3v) is 3.69. The highest BCUT2D eigenvalue weighted by Gasteiger charge is 2.20. The minimum absolute atomic E-state index is 0.823. The van der Waals surface area contributed by atoms with Crippen LogP contribution in [0.5, 0.6) is 0 Å². The van der Waals surface area contributed by atoms with Gasteiger partial charge in [-0.05, 0) is 51.5 Å². The third-order valence-electron chi connectivity index (χ3n) is 3.69. The van der Waals surface area contributed by atoms with Crippen molar-refractivity contribution in [3.63, 3.8) is 0 Å². The van der Waals surface area contributed by atoms with Crippen LogP contribution in [-0.2, 0) is 6.54 Å². The van der Waals surface area contributed by atoms with Gasteiger partial charge in [-0.3, -0.25) is 0 Å². The maximum Gasteiger partial charge on any atom is 0.125 e. The summed E-state index contributed by atoms with van der Waals surface area (Å²) in [6.07, 6.45) is 3.31. The highest BCUT2D eigenvalue weighted by Crippen LogP contribution is 2.16. The van der Waals surface area contributed by atoms with Crippen molar-refractivity contribution in [1.82, 2.24) is 14.8 Å². The van der Waals surface area contributed by atoms with Gasteiger partial charge in [-0.2, -0.15) is 0 Å². The molecular weight excluding hydrogens is 236 g/mol. The molecule has 1 aromatic heterocycles. The van der Waals surface area contributed by atoms with Gasteiger partial charge in [0, 0.05) is 32.4 Å². The van der Waals surface area contributed by atoms with Crippen LogP contribution < -0.4 is 5.32 Å². The van der Waals surface area contributed by atoms with E-state index >= 15 is 0 Å². The Balaban J connectivity index is 1.79. The van der Waals surface area contributed by atoms with Crippen LogP contribution in [0.1, 0.15) is 18.9 Å². The lowest BCUT2D eigenvalue weighted by Gasteiger charge is -2.20. The summed E-state index contributed by atoms with van der Waals surface area (Å²) in [5, 5.41) is 3.22. The van der Waals surface area contributed by atoms with E-state index in [4.69, 9.17) is 0 Å². The molecule has 0 amide bonds. The summed E-state index contributed by atoms with van der Waals surface area (Å²) in [7, 11) is 4.42. The van der Waals surface area contributed by atoms with Crippen molar-refractivity contribution < 1.29 is 0 Å². The molecule has 1 aromatic rings. The van der Waals surface area contributed by atoms with Crippen molar-refractivity contribution in [3.8, 4) is 0 Å². The zero-order valence-electron chi connectivity index (χ0n) is 12.4. The number of aromatic nitrogens is 1. The molecule has 4 heteroatoms. The van der Waals surface area contributed by atoms with Crippen LogP contribution in [0.2, 0.25) is 0 Å². The Hall–Kier alpha value is -1.13. The van der Waals surface area contributed by atoms with Gasteiger partial charge < -0.3 is 15.1 Å². The molecule has 1 aliphatic rings. The van der Waals surface area contributed by atoms with E-state index < -0.39 is 0 Å². The van der Waals surface area contributed by atoms with Crippen LogP contribution in [0, 0.1) is 5.92 Å². The predicted molar refractivity (Wildman–Crippen MR) is 80.3 cm³/mol. The molecule has 1 N–H and O–H groups in total. The molecule has 1 aliphatic heterocycles. The van der Waals surface area contributed by atoms with Crippen LogP contribution >= 0.6 is 0 Å². The Morgan fingerprint density at radius 1 is 1.47 bits per heavy atom. The van der Waals surface area contributed by atoms with Crippen molar-refractivity contribution in [2.75, 3.05) is 45.6 Å². The van der Waals surface area contributed by atoms with E-state index in [0.29, 0.717) is 0 Å². The zero-order valence-corrected chi connectivity index (χ0v) is 12.4. The first-order valence-corrected chi connectivity index (χ1v) is 7.23. The Morgan fingerprint density at radius 3 is 2.89 bits per heavy atom. The van der Waals surface area contributed by atoms with Gasteiger partial charge in [-0.1, -0.05) is 6.07 Å². The summed E-state index contributed by atoms with van der Waals surface area (Å²) in [5.41, 5.74) is 1.29. The quantitative estimate of drug-likeness (QED) is 0.848. The molecule has 0 aliphatic carbocycles. The summed E-state index contributed by atoms with van der Waals surface area (Å²) >= 11 is 0. The van der Waals surface area contributed by atoms with Crippen LogP contribution in [-0.4, -0.2) is 55.1 Å². The standard InChI is InChI=1S/C15H26N4/c1-4-16-15-6-5-13(9-17-15)10-19(3)12-14-7-8-18(2)11-14/h5-6,9,14H,4,7-8,10-12H2,1-3H3,(H,16,17). The number of nitrogens with zero attached hydrogens (tertiary/aromatic N) is 3. The molecule has 2 rings (SSSR count). The van der Waals surface area contributed by atoms with Crippen LogP contribution in [0.3, 0.4) is 0 Å². The molecule has 0 radical (unpaired) electrons. The zero-order chi connectivity index (χ0) is 13.7. The Morgan fingerprint density at radius 2 is 2.32 bits per heavy atom. The average molecular weight is 262 g/mol. The second-order valence-electron chi connectivity index (χ2n) is 5.70. The second-order valence-corrected chi connectivity index (χ2v) is 5.70. The van der Waals surface area contributed by atoms with Gasteiger partial charge >= 0.3 is 0 Å². The first-order valence-electron chi connectivity index (χ1n) is 7.23. The lowest BCUT2D eigenvalue weighted by atomic mass is 10.1. The fourth-order valence-electron chi connectivity index (χ4n) is 2.80. The number of hydrogen-bond acceptors (Lipinski definition) is 4. The van der Waals surface area contributed by atoms with Gasteiger partial charge in [-0.25, -0.2) is 4.98 Å². The SMILES string of the molecule is CCNc1ccc(CN(C)CC2CCN(C)C2)cn1. The van der Waals surface area contributed by atoms with E-state index in [9.17, 15) is 0 Å². The Bertz CT molecular complexity index is 376. The van der Waals surface area contributed by atoms with Crippen LogP contribution in [0.4, 0.5) is 5.82 Å². The minimum Gasteiger partial charge on any atom is -0.370 e. The lowest BCUT2D eigenvalue weighted by Crippen LogP contribution is -2.27. The largest absolute Gasteiger partial charge is 0.370 e. The third kappa shape index (κ3) is 4.48. The summed E-state index contributed by atoms with van der Waals surface area (Å²) in [6.45, 7) is 7.65. The van der Waals surface area contributed by atoms with E-state index in [0.717, 1.165) is 24.8 Å². The first kappa shape index (κ1) is 14.3. The summed E-state index contributed by atoms with van der Waals surface area (Å²) in [5.74, 6) is 1.79. The molecule has 1 fully saturated rings. The molecule has 1 saturated heterocycles. The molecule has 106 valence electrons. The van der Waals surface area contributed by atoms with Crippen molar-refractivity contribution in [3.05, 3.63) is 23.9 Å². The molecule has 0 bridgehead atoms. The smallest absolute Gasteiger partial charge is 0.125 e. The molecule has 1 unspecified atom stereocenters. The number of rotatable bonds is 6. The topological polar surface area (TPSA) is 31.4 Å². The van der Waals surface area contributed by atoms with Crippen LogP contribution in [0.25, 0.3) is 0 Å². The first-order chi connectivity index (χ1) is 9.17. The lowest BCUT2D eigenvalue weighted by molar-refractivity contribution is 0.267. The number of hydrogen-bond donors (Lipinski definition) is 1. The molecule has 1 atom stereocenters. The van der Waals surface area contributed by atoms with E-state index in [2.05, 4.69) is 53.3 Å². The molecule has 4 nitrogen and oxygen atoms in total. The predicted octanol–water partition coefficient (Wildman–Crippen LogP) is 1.90. The van der Waals surface area contributed by atoms with Crippen molar-refractivity contribution >= 4 is 5.82 Å². The molecule has 19 heavy (non-hydrogen) atoms. The summed E-state index contributed by atoms with van der Waals surface area (Å²) in [4.78, 5) is 9.25. The van der Waals surface area contributed by atoms with Gasteiger partial charge in [0.05, 0.1) is 0 Å². The van der Waals surface area contributed by atoms with Gasteiger partial charge in [0.15, 0.2) is 0 Å². The highest BCUT2D eigenvalue weighted by molar-refractivity contribution is 5.35. The van der Waals surface area contributed by atoms with E-state index in [-0.39, 0.29) is 0 Å². The molecule has 0 spiro atoms. The van der Waals surface area contributed by atoms with Gasteiger partial charge in [-0.15, -0.1) is 0 Å². The fraction of sp³-hybridized carbons (Fsp3) is 0.667. The number of pyridine rings is 1. The average Bonchev–Trinajstić information content (AvgIpc) is 2.77. The summed E-state index contributed by atoms with van der Waals surface area (Å²) < 4.78 is 0. The van der Waals surface area contributed by atoms with E-state index in [1.807, 2.05) is 6.20 Å². The van der Waals surface area contributed by atoms with Gasteiger partial charge in [0.1, 0.15) is 5.82 Å². The molecule has 0 saturated carbocycles. The molecule has 0 aromatic carbocycles. The maximum atomic E-state index is 4.42. The minimum atomic E-state index is 0.823. The van der Waals surface area contributed by atoms with Gasteiger partial charge in [0.25, 0.3) is 0 Å². The maximum absolute atomic E-state index is 4.42. The van der Waals surface area contributed by atoms with Crippen molar-refractivity contribution in [2.45, 2.75) is 19.9 Å². The van der Waals surface area contributed by atoms with Gasteiger partial charge in [0.2, 0.25) is 0 Å². The van der Waals surface area contributed by atoms with Crippen molar-refractivity contribution in [1.29, 1.82) is 0 Å². The number of anilines is 1. The Kier molecular flexibility index (Phi) is 5.16. The van der Waals surface area contributed by atoms with E-state index in [1.54, 1.807) is 0 Å². The summed E-state index contributed by atoms with van der Waals surface area (Å²) in [6, 6.07) is 4.23. The number of likely N-dealkylation sites (tertiary alicyclic amines) is 1. The highest BCUT2D eigenvalue weighted by atomic mass is 15.1. The van der Waals surface area contributed by atoms with E-state index in [1.165, 1.54) is 31.6 Å². The number of nitrogens with one attached hydrogen (secondary N) is 1. The second kappa shape index (κ2) is 6.87. The molecular formula is C15H26N4. The monoisotopic (exact) mass is 262 g/mol. The Labute approximate surface area is 116 Å². The fourth-order valence-corrected chi connectivity index (χ4v) is 2.80. The molecule has 2 heterocycles. The van der Waals surface area contributed by atoms with Crippen molar-refractivity contribution in [2.24, 2.45) is 5.92 Å². The normalized spacial score (nSPS) is 20.1. The van der Waals surface area contributed by atoms with Crippen LogP contribution in [0.15, 0.2) is 18.3 Å².